The van der Waals surface area contributed by atoms with Crippen molar-refractivity contribution in [3.8, 4) is 5.75 Å². The second-order valence-corrected chi connectivity index (χ2v) is 6.86. The minimum Gasteiger partial charge on any atom is -0.491 e. The number of nitrogens with zero attached hydrogens (tertiary/aromatic N) is 2. The van der Waals surface area contributed by atoms with Crippen molar-refractivity contribution >= 4 is 29.9 Å². The summed E-state index contributed by atoms with van der Waals surface area (Å²) in [6.45, 7) is 9.01. The lowest BCUT2D eigenvalue weighted by Gasteiger charge is -2.21. The summed E-state index contributed by atoms with van der Waals surface area (Å²) in [4.78, 5) is 6.74. The monoisotopic (exact) mass is 460 g/mol. The molecule has 142 valence electrons. The highest BCUT2D eigenvalue weighted by Gasteiger charge is 2.20. The van der Waals surface area contributed by atoms with Gasteiger partial charge in [0.15, 0.2) is 5.96 Å². The average Bonchev–Trinajstić information content (AvgIpc) is 2.94. The summed E-state index contributed by atoms with van der Waals surface area (Å²) in [5, 5.41) is 6.84. The van der Waals surface area contributed by atoms with Gasteiger partial charge in [-0.1, -0.05) is 12.1 Å². The molecule has 1 heterocycles. The van der Waals surface area contributed by atoms with Crippen molar-refractivity contribution in [3.05, 3.63) is 29.3 Å². The zero-order chi connectivity index (χ0) is 17.5. The van der Waals surface area contributed by atoms with E-state index in [4.69, 9.17) is 4.74 Å². The Balaban J connectivity index is 0.00000312. The van der Waals surface area contributed by atoms with E-state index in [9.17, 15) is 0 Å². The van der Waals surface area contributed by atoms with Gasteiger partial charge in [-0.05, 0) is 58.8 Å². The molecule has 1 unspecified atom stereocenters. The number of hydrogen-bond donors (Lipinski definition) is 2. The first-order chi connectivity index (χ1) is 11.5. The number of aryl methyl sites for hydroxylation is 1. The van der Waals surface area contributed by atoms with Gasteiger partial charge in [0.2, 0.25) is 0 Å². The number of aliphatic imine (C=N–C) groups is 1. The SMILES string of the molecule is CN=C(NCc1ccc(C)cc1OC(C)C)NCC1CCCN1C.I. The Kier molecular flexibility index (Phi) is 9.56. The van der Waals surface area contributed by atoms with Gasteiger partial charge in [0, 0.05) is 31.7 Å². The Bertz CT molecular complexity index is 562. The fraction of sp³-hybridized carbons (Fsp3) is 0.632. The number of halogens is 1. The maximum Gasteiger partial charge on any atom is 0.191 e. The zero-order valence-electron chi connectivity index (χ0n) is 16.1. The maximum atomic E-state index is 5.94. The number of likely N-dealkylation sites (N-methyl/N-ethyl adjacent to an activating group) is 1. The van der Waals surface area contributed by atoms with Crippen LogP contribution in [0.25, 0.3) is 0 Å². The smallest absolute Gasteiger partial charge is 0.191 e. The minimum atomic E-state index is 0. The van der Waals surface area contributed by atoms with Crippen LogP contribution in [0.5, 0.6) is 5.75 Å². The van der Waals surface area contributed by atoms with E-state index in [1.807, 2.05) is 7.05 Å². The van der Waals surface area contributed by atoms with Crippen molar-refractivity contribution in [1.82, 2.24) is 15.5 Å². The molecule has 2 rings (SSSR count). The molecule has 0 radical (unpaired) electrons. The van der Waals surface area contributed by atoms with Gasteiger partial charge in [-0.15, -0.1) is 24.0 Å². The molecule has 25 heavy (non-hydrogen) atoms. The summed E-state index contributed by atoms with van der Waals surface area (Å²) in [5.41, 5.74) is 2.36. The first-order valence-corrected chi connectivity index (χ1v) is 8.90. The summed E-state index contributed by atoms with van der Waals surface area (Å²) < 4.78 is 5.94. The molecule has 1 aliphatic rings. The van der Waals surface area contributed by atoms with Crippen LogP contribution in [0, 0.1) is 6.92 Å². The van der Waals surface area contributed by atoms with Crippen molar-refractivity contribution in [2.24, 2.45) is 4.99 Å². The fourth-order valence-corrected chi connectivity index (χ4v) is 3.02. The van der Waals surface area contributed by atoms with Crippen LogP contribution in [0.15, 0.2) is 23.2 Å². The van der Waals surface area contributed by atoms with Gasteiger partial charge in [-0.2, -0.15) is 0 Å². The molecule has 1 aromatic rings. The zero-order valence-corrected chi connectivity index (χ0v) is 18.5. The van der Waals surface area contributed by atoms with Gasteiger partial charge in [-0.3, -0.25) is 4.99 Å². The maximum absolute atomic E-state index is 5.94. The number of benzene rings is 1. The lowest BCUT2D eigenvalue weighted by Crippen LogP contribution is -2.43. The van der Waals surface area contributed by atoms with Gasteiger partial charge in [0.25, 0.3) is 0 Å². The van der Waals surface area contributed by atoms with Crippen molar-refractivity contribution in [2.45, 2.75) is 52.3 Å². The number of guanidine groups is 1. The second kappa shape index (κ2) is 10.9. The molecular weight excluding hydrogens is 427 g/mol. The summed E-state index contributed by atoms with van der Waals surface area (Å²) in [7, 11) is 4.01. The molecule has 0 bridgehead atoms. The van der Waals surface area contributed by atoms with E-state index in [1.165, 1.54) is 24.9 Å². The fourth-order valence-electron chi connectivity index (χ4n) is 3.02. The normalized spacial score (nSPS) is 18.2. The molecule has 5 nitrogen and oxygen atoms in total. The highest BCUT2D eigenvalue weighted by atomic mass is 127. The molecule has 1 aromatic carbocycles. The number of ether oxygens (including phenoxy) is 1. The van der Waals surface area contributed by atoms with Crippen LogP contribution in [-0.2, 0) is 6.54 Å². The lowest BCUT2D eigenvalue weighted by atomic mass is 10.1. The predicted molar refractivity (Wildman–Crippen MR) is 116 cm³/mol. The van der Waals surface area contributed by atoms with Crippen molar-refractivity contribution in [2.75, 3.05) is 27.2 Å². The van der Waals surface area contributed by atoms with Crippen LogP contribution in [0.1, 0.15) is 37.8 Å². The summed E-state index contributed by atoms with van der Waals surface area (Å²) in [5.74, 6) is 1.79. The third kappa shape index (κ3) is 7.01. The first kappa shape index (κ1) is 22.0. The van der Waals surface area contributed by atoms with E-state index >= 15 is 0 Å². The van der Waals surface area contributed by atoms with Gasteiger partial charge in [-0.25, -0.2) is 0 Å². The predicted octanol–water partition coefficient (Wildman–Crippen LogP) is 3.16. The Morgan fingerprint density at radius 3 is 2.72 bits per heavy atom. The second-order valence-electron chi connectivity index (χ2n) is 6.86. The number of likely N-dealkylation sites (tertiary alicyclic amines) is 1. The van der Waals surface area contributed by atoms with Crippen LogP contribution in [-0.4, -0.2) is 50.2 Å². The summed E-state index contributed by atoms with van der Waals surface area (Å²) >= 11 is 0. The van der Waals surface area contributed by atoms with E-state index < -0.39 is 0 Å². The van der Waals surface area contributed by atoms with Gasteiger partial charge >= 0.3 is 0 Å². The molecule has 6 heteroatoms. The van der Waals surface area contributed by atoms with Crippen molar-refractivity contribution < 1.29 is 4.74 Å². The van der Waals surface area contributed by atoms with Gasteiger partial charge in [0.05, 0.1) is 6.10 Å². The van der Waals surface area contributed by atoms with E-state index in [0.717, 1.165) is 23.8 Å². The van der Waals surface area contributed by atoms with E-state index in [1.54, 1.807) is 0 Å². The van der Waals surface area contributed by atoms with Crippen LogP contribution in [0.2, 0.25) is 0 Å². The number of rotatable bonds is 6. The molecule has 2 N–H and O–H groups in total. The van der Waals surface area contributed by atoms with E-state index in [0.29, 0.717) is 12.6 Å². The molecule has 1 fully saturated rings. The highest BCUT2D eigenvalue weighted by Crippen LogP contribution is 2.21. The van der Waals surface area contributed by atoms with E-state index in [-0.39, 0.29) is 30.1 Å². The molecule has 1 aliphatic heterocycles. The van der Waals surface area contributed by atoms with E-state index in [2.05, 4.69) is 66.5 Å². The van der Waals surface area contributed by atoms with Crippen molar-refractivity contribution in [1.29, 1.82) is 0 Å². The first-order valence-electron chi connectivity index (χ1n) is 8.90. The topological polar surface area (TPSA) is 48.9 Å². The van der Waals surface area contributed by atoms with Crippen LogP contribution < -0.4 is 15.4 Å². The molecule has 1 saturated heterocycles. The highest BCUT2D eigenvalue weighted by molar-refractivity contribution is 14.0. The third-order valence-corrected chi connectivity index (χ3v) is 4.43. The molecule has 0 aromatic heterocycles. The quantitative estimate of drug-likeness (QED) is 0.389. The molecule has 0 amide bonds. The Morgan fingerprint density at radius 1 is 1.36 bits per heavy atom. The third-order valence-electron chi connectivity index (χ3n) is 4.43. The Labute approximate surface area is 169 Å². The molecular formula is C19H33IN4O. The standard InChI is InChI=1S/C19H32N4O.HI/c1-14(2)24-18-11-15(3)8-9-16(18)12-21-19(20-4)22-13-17-7-6-10-23(17)5;/h8-9,11,14,17H,6-7,10,12-13H2,1-5H3,(H2,20,21,22);1H. The Hall–Kier alpha value is -1.02. The Morgan fingerprint density at radius 2 is 2.12 bits per heavy atom. The van der Waals surface area contributed by atoms with Gasteiger partial charge in [0.1, 0.15) is 5.75 Å². The largest absolute Gasteiger partial charge is 0.491 e. The number of nitrogens with one attached hydrogen (secondary N) is 2. The van der Waals surface area contributed by atoms with Crippen LogP contribution in [0.4, 0.5) is 0 Å². The lowest BCUT2D eigenvalue weighted by molar-refractivity contribution is 0.239. The molecule has 0 saturated carbocycles. The van der Waals surface area contributed by atoms with Crippen LogP contribution in [0.3, 0.4) is 0 Å². The molecule has 1 atom stereocenters. The molecule has 0 aliphatic carbocycles. The summed E-state index contributed by atoms with van der Waals surface area (Å²) in [6.07, 6.45) is 2.71. The van der Waals surface area contributed by atoms with Crippen LogP contribution >= 0.6 is 24.0 Å². The number of hydrogen-bond acceptors (Lipinski definition) is 3. The van der Waals surface area contributed by atoms with Crippen molar-refractivity contribution in [3.63, 3.8) is 0 Å². The minimum absolute atomic E-state index is 0. The van der Waals surface area contributed by atoms with Gasteiger partial charge < -0.3 is 20.3 Å². The molecule has 0 spiro atoms. The average molecular weight is 460 g/mol. The summed E-state index contributed by atoms with van der Waals surface area (Å²) in [6, 6.07) is 6.94.